The number of hydrogen-bond donors (Lipinski definition) is 0. The van der Waals surface area contributed by atoms with Crippen LogP contribution in [0.5, 0.6) is 0 Å². The molecule has 33 heavy (non-hydrogen) atoms. The Morgan fingerprint density at radius 2 is 1.58 bits per heavy atom. The van der Waals surface area contributed by atoms with E-state index in [-0.39, 0.29) is 5.92 Å². The standard InChI is InChI=1S/C30H40F2O/c1-3-5-6-7-22-10-14-24(15-11-22)28-19-16-25(20-33-28)27-18-17-26(29(31)30(27)32)23-12-8-21(4-2)9-13-23/h8-9,12-13,17-18,22,24-25,28H,3-7,10-11,14-16,19-20H2,1-2H3. The predicted molar refractivity (Wildman–Crippen MR) is 132 cm³/mol. The van der Waals surface area contributed by atoms with Crippen LogP contribution in [0.3, 0.4) is 0 Å². The molecule has 1 saturated heterocycles. The van der Waals surface area contributed by atoms with E-state index in [9.17, 15) is 4.39 Å². The molecule has 2 aliphatic rings. The molecular formula is C30H40F2O. The first kappa shape index (κ1) is 24.4. The topological polar surface area (TPSA) is 9.23 Å². The summed E-state index contributed by atoms with van der Waals surface area (Å²) >= 11 is 0. The van der Waals surface area contributed by atoms with E-state index in [1.165, 1.54) is 56.9 Å². The van der Waals surface area contributed by atoms with Crippen molar-refractivity contribution in [3.8, 4) is 11.1 Å². The lowest BCUT2D eigenvalue weighted by Crippen LogP contribution is -2.33. The van der Waals surface area contributed by atoms with E-state index in [1.54, 1.807) is 12.1 Å². The summed E-state index contributed by atoms with van der Waals surface area (Å²) in [6.07, 6.45) is 13.7. The molecule has 1 aliphatic carbocycles. The molecule has 0 radical (unpaired) electrons. The van der Waals surface area contributed by atoms with E-state index < -0.39 is 11.6 Å². The van der Waals surface area contributed by atoms with Gasteiger partial charge >= 0.3 is 0 Å². The van der Waals surface area contributed by atoms with E-state index in [4.69, 9.17) is 4.74 Å². The maximum absolute atomic E-state index is 15.1. The number of ether oxygens (including phenoxy) is 1. The highest BCUT2D eigenvalue weighted by Crippen LogP contribution is 2.40. The van der Waals surface area contributed by atoms with Gasteiger partial charge in [-0.25, -0.2) is 8.78 Å². The minimum Gasteiger partial charge on any atom is -0.377 e. The highest BCUT2D eigenvalue weighted by molar-refractivity contribution is 5.65. The molecule has 3 heteroatoms. The second-order valence-electron chi connectivity index (χ2n) is 10.3. The van der Waals surface area contributed by atoms with Crippen LogP contribution in [0, 0.1) is 23.5 Å². The van der Waals surface area contributed by atoms with Gasteiger partial charge in [0.15, 0.2) is 11.6 Å². The molecule has 1 nitrogen and oxygen atoms in total. The third-order valence-corrected chi connectivity index (χ3v) is 8.17. The molecule has 2 aromatic carbocycles. The fraction of sp³-hybridized carbons (Fsp3) is 0.600. The van der Waals surface area contributed by atoms with Gasteiger partial charge in [0.1, 0.15) is 0 Å². The summed E-state index contributed by atoms with van der Waals surface area (Å²) < 4.78 is 36.3. The van der Waals surface area contributed by atoms with Gasteiger partial charge in [-0.3, -0.25) is 0 Å². The fourth-order valence-electron chi connectivity index (χ4n) is 5.94. The Morgan fingerprint density at radius 1 is 0.818 bits per heavy atom. The lowest BCUT2D eigenvalue weighted by Gasteiger charge is -2.38. The highest BCUT2D eigenvalue weighted by atomic mass is 19.2. The third kappa shape index (κ3) is 5.85. The first-order valence-corrected chi connectivity index (χ1v) is 13.3. The zero-order chi connectivity index (χ0) is 23.2. The number of aryl methyl sites for hydroxylation is 1. The predicted octanol–water partition coefficient (Wildman–Crippen LogP) is 8.84. The van der Waals surface area contributed by atoms with Crippen LogP contribution >= 0.6 is 0 Å². The molecule has 2 unspecified atom stereocenters. The van der Waals surface area contributed by atoms with Crippen LogP contribution in [0.4, 0.5) is 8.78 Å². The van der Waals surface area contributed by atoms with Crippen molar-refractivity contribution >= 4 is 0 Å². The second kappa shape index (κ2) is 11.6. The van der Waals surface area contributed by atoms with Crippen LogP contribution in [0.2, 0.25) is 0 Å². The van der Waals surface area contributed by atoms with Crippen LogP contribution in [0.1, 0.15) is 95.1 Å². The molecule has 0 amide bonds. The van der Waals surface area contributed by atoms with Crippen molar-refractivity contribution in [1.82, 2.24) is 0 Å². The highest BCUT2D eigenvalue weighted by Gasteiger charge is 2.33. The summed E-state index contributed by atoms with van der Waals surface area (Å²) in [6, 6.07) is 11.2. The van der Waals surface area contributed by atoms with Crippen LogP contribution in [-0.4, -0.2) is 12.7 Å². The number of hydrogen-bond acceptors (Lipinski definition) is 1. The van der Waals surface area contributed by atoms with Crippen molar-refractivity contribution in [3.05, 3.63) is 59.2 Å². The monoisotopic (exact) mass is 454 g/mol. The maximum atomic E-state index is 15.1. The maximum Gasteiger partial charge on any atom is 0.166 e. The van der Waals surface area contributed by atoms with E-state index >= 15 is 4.39 Å². The number of unbranched alkanes of at least 4 members (excludes halogenated alkanes) is 2. The van der Waals surface area contributed by atoms with Crippen molar-refractivity contribution in [2.75, 3.05) is 6.61 Å². The van der Waals surface area contributed by atoms with Crippen LogP contribution in [0.15, 0.2) is 36.4 Å². The Morgan fingerprint density at radius 3 is 2.21 bits per heavy atom. The quantitative estimate of drug-likeness (QED) is 0.362. The molecular weight excluding hydrogens is 414 g/mol. The molecule has 0 bridgehead atoms. The summed E-state index contributed by atoms with van der Waals surface area (Å²) in [4.78, 5) is 0. The summed E-state index contributed by atoms with van der Waals surface area (Å²) in [5, 5.41) is 0. The van der Waals surface area contributed by atoms with Crippen molar-refractivity contribution in [3.63, 3.8) is 0 Å². The summed E-state index contributed by atoms with van der Waals surface area (Å²) in [6.45, 7) is 4.85. The molecule has 0 N–H and O–H groups in total. The van der Waals surface area contributed by atoms with Crippen LogP contribution in [-0.2, 0) is 11.2 Å². The minimum atomic E-state index is -0.736. The molecule has 0 aromatic heterocycles. The second-order valence-corrected chi connectivity index (χ2v) is 10.3. The van der Waals surface area contributed by atoms with Crippen molar-refractivity contribution in [2.45, 2.75) is 96.5 Å². The zero-order valence-corrected chi connectivity index (χ0v) is 20.4. The Bertz CT molecular complexity index is 875. The molecule has 1 aliphatic heterocycles. The summed E-state index contributed by atoms with van der Waals surface area (Å²) in [7, 11) is 0. The molecule has 2 atom stereocenters. The first-order valence-electron chi connectivity index (χ1n) is 13.3. The van der Waals surface area contributed by atoms with Gasteiger partial charge in [0, 0.05) is 11.5 Å². The zero-order valence-electron chi connectivity index (χ0n) is 20.4. The molecule has 0 spiro atoms. The van der Waals surface area contributed by atoms with Gasteiger partial charge in [-0.05, 0) is 60.6 Å². The van der Waals surface area contributed by atoms with Crippen molar-refractivity contribution < 1.29 is 13.5 Å². The fourth-order valence-corrected chi connectivity index (χ4v) is 5.94. The van der Waals surface area contributed by atoms with Gasteiger partial charge in [-0.15, -0.1) is 0 Å². The molecule has 2 fully saturated rings. The van der Waals surface area contributed by atoms with Gasteiger partial charge in [-0.2, -0.15) is 0 Å². The number of halogens is 2. The smallest absolute Gasteiger partial charge is 0.166 e. The lowest BCUT2D eigenvalue weighted by atomic mass is 9.75. The van der Waals surface area contributed by atoms with Crippen LogP contribution < -0.4 is 0 Å². The average molecular weight is 455 g/mol. The summed E-state index contributed by atoms with van der Waals surface area (Å²) in [5.74, 6) is 0.0472. The molecule has 4 rings (SSSR count). The largest absolute Gasteiger partial charge is 0.377 e. The van der Waals surface area contributed by atoms with Gasteiger partial charge in [0.25, 0.3) is 0 Å². The van der Waals surface area contributed by atoms with E-state index in [0.717, 1.165) is 30.7 Å². The van der Waals surface area contributed by atoms with E-state index in [1.807, 2.05) is 24.3 Å². The molecule has 180 valence electrons. The van der Waals surface area contributed by atoms with Crippen LogP contribution in [0.25, 0.3) is 11.1 Å². The van der Waals surface area contributed by atoms with Gasteiger partial charge in [0.05, 0.1) is 12.7 Å². The Balaban J connectivity index is 1.33. The lowest BCUT2D eigenvalue weighted by molar-refractivity contribution is -0.0441. The molecule has 2 aromatic rings. The van der Waals surface area contributed by atoms with Crippen molar-refractivity contribution in [1.29, 1.82) is 0 Å². The van der Waals surface area contributed by atoms with Crippen molar-refractivity contribution in [2.24, 2.45) is 11.8 Å². The molecule has 1 saturated carbocycles. The SMILES string of the molecule is CCCCCC1CCC(C2CCC(c3ccc(-c4ccc(CC)cc4)c(F)c3F)CO2)CC1. The minimum absolute atomic E-state index is 0.0577. The Hall–Kier alpha value is -1.74. The van der Waals surface area contributed by atoms with E-state index in [2.05, 4.69) is 13.8 Å². The normalized spacial score (nSPS) is 25.8. The van der Waals surface area contributed by atoms with Gasteiger partial charge in [0.2, 0.25) is 0 Å². The molecule has 1 heterocycles. The average Bonchev–Trinajstić information content (AvgIpc) is 2.86. The third-order valence-electron chi connectivity index (χ3n) is 8.17. The number of benzene rings is 2. The number of rotatable bonds is 8. The summed E-state index contributed by atoms with van der Waals surface area (Å²) in [5.41, 5.74) is 2.72. The Labute approximate surface area is 198 Å². The Kier molecular flexibility index (Phi) is 8.57. The first-order chi connectivity index (χ1) is 16.1. The van der Waals surface area contributed by atoms with Gasteiger partial charge in [-0.1, -0.05) is 88.8 Å². The van der Waals surface area contributed by atoms with E-state index in [0.29, 0.717) is 29.8 Å². The van der Waals surface area contributed by atoms with Gasteiger partial charge < -0.3 is 4.74 Å².